The molecule has 2 aromatic rings. The molecule has 0 unspecified atom stereocenters. The number of sulfonamides is 1. The van der Waals surface area contributed by atoms with Gasteiger partial charge in [-0.2, -0.15) is 0 Å². The molecule has 3 N–H and O–H groups in total. The van der Waals surface area contributed by atoms with Gasteiger partial charge in [0.25, 0.3) is 0 Å². The Kier molecular flexibility index (Phi) is 6.02. The summed E-state index contributed by atoms with van der Waals surface area (Å²) < 4.78 is 22.6. The summed E-state index contributed by atoms with van der Waals surface area (Å²) >= 11 is 0. The zero-order chi connectivity index (χ0) is 20.3. The Bertz CT molecular complexity index is 950. The van der Waals surface area contributed by atoms with E-state index in [1.807, 2.05) is 0 Å². The van der Waals surface area contributed by atoms with Crippen molar-refractivity contribution in [1.29, 1.82) is 0 Å². The summed E-state index contributed by atoms with van der Waals surface area (Å²) in [7, 11) is -3.73. The number of hydrogen-bond acceptors (Lipinski definition) is 5. The van der Waals surface area contributed by atoms with Crippen molar-refractivity contribution in [2.45, 2.75) is 18.7 Å². The van der Waals surface area contributed by atoms with Gasteiger partial charge in [0.05, 0.1) is 11.4 Å². The summed E-state index contributed by atoms with van der Waals surface area (Å²) in [5.74, 6) is -0.122. The first-order valence-corrected chi connectivity index (χ1v) is 10.7. The molecule has 0 radical (unpaired) electrons. The van der Waals surface area contributed by atoms with E-state index in [0.717, 1.165) is 26.2 Å². The Morgan fingerprint density at radius 3 is 2.29 bits per heavy atom. The molecule has 28 heavy (non-hydrogen) atoms. The van der Waals surface area contributed by atoms with Crippen LogP contribution >= 0.6 is 0 Å². The Morgan fingerprint density at radius 2 is 1.68 bits per heavy atom. The molecule has 0 bridgehead atoms. The van der Waals surface area contributed by atoms with Crippen LogP contribution in [-0.2, 0) is 14.8 Å². The van der Waals surface area contributed by atoms with Crippen molar-refractivity contribution in [3.8, 4) is 0 Å². The number of benzene rings is 2. The van der Waals surface area contributed by atoms with Gasteiger partial charge in [-0.05, 0) is 55.3 Å². The van der Waals surface area contributed by atoms with E-state index >= 15 is 0 Å². The molecule has 0 aliphatic carbocycles. The number of anilines is 2. The topological polar surface area (TPSA) is 95.7 Å². The molecule has 8 heteroatoms. The highest BCUT2D eigenvalue weighted by molar-refractivity contribution is 7.89. The summed E-state index contributed by atoms with van der Waals surface area (Å²) in [6.07, 6.45) is 0. The molecule has 1 aliphatic heterocycles. The van der Waals surface area contributed by atoms with E-state index in [1.165, 1.54) is 41.1 Å². The number of carbonyl (C=O) groups is 1. The molecule has 150 valence electrons. The van der Waals surface area contributed by atoms with Gasteiger partial charge in [-0.25, -0.2) is 13.6 Å². The highest BCUT2D eigenvalue weighted by Gasteiger charge is 2.20. The van der Waals surface area contributed by atoms with Crippen LogP contribution in [-0.4, -0.2) is 51.9 Å². The Morgan fingerprint density at radius 1 is 1.04 bits per heavy atom. The summed E-state index contributed by atoms with van der Waals surface area (Å²) in [6, 6.07) is 12.2. The van der Waals surface area contributed by atoms with Crippen LogP contribution in [0.25, 0.3) is 0 Å². The number of hydrogen-bond donors (Lipinski definition) is 2. The summed E-state index contributed by atoms with van der Waals surface area (Å²) in [5, 5.41) is 7.87. The number of amides is 1. The molecule has 0 saturated carbocycles. The van der Waals surface area contributed by atoms with E-state index in [-0.39, 0.29) is 10.8 Å². The fourth-order valence-electron chi connectivity index (χ4n) is 3.36. The first kappa shape index (κ1) is 20.3. The zero-order valence-electron chi connectivity index (χ0n) is 16.2. The van der Waals surface area contributed by atoms with E-state index in [9.17, 15) is 13.2 Å². The van der Waals surface area contributed by atoms with Gasteiger partial charge < -0.3 is 10.2 Å². The maximum atomic E-state index is 12.3. The molecule has 0 aromatic heterocycles. The lowest BCUT2D eigenvalue weighted by molar-refractivity contribution is -0.117. The fourth-order valence-corrected chi connectivity index (χ4v) is 3.87. The minimum atomic E-state index is -3.73. The molecular weight excluding hydrogens is 376 g/mol. The number of carbonyl (C=O) groups excluding carboxylic acids is 1. The van der Waals surface area contributed by atoms with Crippen LogP contribution in [0, 0.1) is 13.8 Å². The van der Waals surface area contributed by atoms with Crippen LogP contribution in [0.3, 0.4) is 0 Å². The van der Waals surface area contributed by atoms with Gasteiger partial charge in [0.15, 0.2) is 0 Å². The summed E-state index contributed by atoms with van der Waals surface area (Å²) in [6.45, 7) is 7.94. The van der Waals surface area contributed by atoms with E-state index in [0.29, 0.717) is 12.2 Å². The fraction of sp³-hybridized carbons (Fsp3) is 0.350. The average Bonchev–Trinajstić information content (AvgIpc) is 2.64. The standard InChI is InChI=1S/C20H26N4O3S/c1-15-4-3-5-19(16(15)2)24-12-10-23(11-13-24)14-20(25)22-17-6-8-18(9-7-17)28(21,26)27/h3-9H,10-14H2,1-2H3,(H,22,25)(H2,21,26,27). The van der Waals surface area contributed by atoms with Crippen LogP contribution in [0.2, 0.25) is 0 Å². The number of primary sulfonamides is 1. The minimum absolute atomic E-state index is 0.0214. The zero-order valence-corrected chi connectivity index (χ0v) is 17.0. The largest absolute Gasteiger partial charge is 0.369 e. The number of nitrogens with two attached hydrogens (primary N) is 1. The first-order chi connectivity index (χ1) is 13.2. The summed E-state index contributed by atoms with van der Waals surface area (Å²) in [4.78, 5) is 16.8. The van der Waals surface area contributed by atoms with Crippen molar-refractivity contribution in [1.82, 2.24) is 4.90 Å². The molecule has 1 amide bonds. The van der Waals surface area contributed by atoms with Crippen molar-refractivity contribution < 1.29 is 13.2 Å². The van der Waals surface area contributed by atoms with Gasteiger partial charge in [-0.1, -0.05) is 12.1 Å². The Balaban J connectivity index is 1.52. The highest BCUT2D eigenvalue weighted by atomic mass is 32.2. The normalized spacial score (nSPS) is 15.5. The molecule has 1 saturated heterocycles. The van der Waals surface area contributed by atoms with Crippen molar-refractivity contribution in [2.24, 2.45) is 5.14 Å². The van der Waals surface area contributed by atoms with E-state index in [1.54, 1.807) is 0 Å². The lowest BCUT2D eigenvalue weighted by atomic mass is 10.1. The van der Waals surface area contributed by atoms with Crippen LogP contribution < -0.4 is 15.4 Å². The van der Waals surface area contributed by atoms with E-state index in [2.05, 4.69) is 47.2 Å². The van der Waals surface area contributed by atoms with Gasteiger partial charge in [-0.15, -0.1) is 0 Å². The van der Waals surface area contributed by atoms with Crippen molar-refractivity contribution in [3.05, 3.63) is 53.6 Å². The third kappa shape index (κ3) is 4.89. The average molecular weight is 403 g/mol. The maximum absolute atomic E-state index is 12.3. The molecule has 2 aromatic carbocycles. The third-order valence-corrected chi connectivity index (χ3v) is 6.05. The van der Waals surface area contributed by atoms with Crippen LogP contribution in [0.1, 0.15) is 11.1 Å². The number of piperazine rings is 1. The van der Waals surface area contributed by atoms with Crippen molar-refractivity contribution >= 4 is 27.3 Å². The van der Waals surface area contributed by atoms with Gasteiger partial charge in [-0.3, -0.25) is 9.69 Å². The van der Waals surface area contributed by atoms with Crippen molar-refractivity contribution in [2.75, 3.05) is 42.9 Å². The van der Waals surface area contributed by atoms with E-state index in [4.69, 9.17) is 5.14 Å². The smallest absolute Gasteiger partial charge is 0.238 e. The lowest BCUT2D eigenvalue weighted by Crippen LogP contribution is -2.48. The number of nitrogens with one attached hydrogen (secondary N) is 1. The van der Waals surface area contributed by atoms with Gasteiger partial charge in [0, 0.05) is 37.6 Å². The lowest BCUT2D eigenvalue weighted by Gasteiger charge is -2.36. The molecule has 0 atom stereocenters. The number of aryl methyl sites for hydroxylation is 1. The van der Waals surface area contributed by atoms with Gasteiger partial charge in [0.1, 0.15) is 0 Å². The Labute approximate surface area is 166 Å². The molecule has 3 rings (SSSR count). The number of nitrogens with zero attached hydrogens (tertiary/aromatic N) is 2. The maximum Gasteiger partial charge on any atom is 0.238 e. The predicted molar refractivity (Wildman–Crippen MR) is 111 cm³/mol. The molecule has 0 spiro atoms. The second-order valence-corrected chi connectivity index (χ2v) is 8.66. The first-order valence-electron chi connectivity index (χ1n) is 9.20. The molecule has 7 nitrogen and oxygen atoms in total. The van der Waals surface area contributed by atoms with Crippen LogP contribution in [0.4, 0.5) is 11.4 Å². The predicted octanol–water partition coefficient (Wildman–Crippen LogP) is 1.71. The second-order valence-electron chi connectivity index (χ2n) is 7.10. The highest BCUT2D eigenvalue weighted by Crippen LogP contribution is 2.23. The van der Waals surface area contributed by atoms with Crippen LogP contribution in [0.15, 0.2) is 47.4 Å². The quantitative estimate of drug-likeness (QED) is 0.794. The molecule has 1 aliphatic rings. The summed E-state index contributed by atoms with van der Waals surface area (Å²) in [5.41, 5.74) is 4.40. The minimum Gasteiger partial charge on any atom is -0.369 e. The number of rotatable bonds is 5. The molecule has 1 heterocycles. The van der Waals surface area contributed by atoms with E-state index < -0.39 is 10.0 Å². The second kappa shape index (κ2) is 8.30. The van der Waals surface area contributed by atoms with Crippen LogP contribution in [0.5, 0.6) is 0 Å². The van der Waals surface area contributed by atoms with Gasteiger partial charge >= 0.3 is 0 Å². The Hall–Kier alpha value is -2.42. The van der Waals surface area contributed by atoms with Gasteiger partial charge in [0.2, 0.25) is 15.9 Å². The van der Waals surface area contributed by atoms with Crippen molar-refractivity contribution in [3.63, 3.8) is 0 Å². The SMILES string of the molecule is Cc1cccc(N2CCN(CC(=O)Nc3ccc(S(N)(=O)=O)cc3)CC2)c1C. The molecular formula is C20H26N4O3S. The third-order valence-electron chi connectivity index (χ3n) is 5.12. The monoisotopic (exact) mass is 402 g/mol. The molecule has 1 fully saturated rings.